The Morgan fingerprint density at radius 1 is 0.893 bits per heavy atom. The van der Waals surface area contributed by atoms with Gasteiger partial charge in [0.15, 0.2) is 0 Å². The maximum absolute atomic E-state index is 13.0. The Kier molecular flexibility index (Phi) is 4.94. The first-order valence-corrected chi connectivity index (χ1v) is 11.0. The second kappa shape index (κ2) is 7.71. The lowest BCUT2D eigenvalue weighted by atomic mass is 9.99. The van der Waals surface area contributed by atoms with Crippen molar-refractivity contribution in [3.8, 4) is 0 Å². The summed E-state index contributed by atoms with van der Waals surface area (Å²) < 4.78 is 0. The molecule has 5 rings (SSSR count). The summed E-state index contributed by atoms with van der Waals surface area (Å²) in [7, 11) is 0. The van der Waals surface area contributed by atoms with E-state index < -0.39 is 0 Å². The van der Waals surface area contributed by atoms with Crippen molar-refractivity contribution >= 4 is 11.6 Å². The number of anilines is 1. The van der Waals surface area contributed by atoms with Crippen molar-refractivity contribution in [2.45, 2.75) is 69.4 Å². The van der Waals surface area contributed by atoms with Gasteiger partial charge < -0.3 is 5.32 Å². The van der Waals surface area contributed by atoms with Crippen molar-refractivity contribution < 1.29 is 4.79 Å². The summed E-state index contributed by atoms with van der Waals surface area (Å²) in [4.78, 5) is 15.4. The van der Waals surface area contributed by atoms with Gasteiger partial charge in [-0.2, -0.15) is 0 Å². The van der Waals surface area contributed by atoms with Gasteiger partial charge in [0.1, 0.15) is 0 Å². The average Bonchev–Trinajstić information content (AvgIpc) is 3.62. The minimum atomic E-state index is -0.0264. The molecule has 3 aliphatic rings. The molecule has 1 amide bonds. The summed E-state index contributed by atoms with van der Waals surface area (Å²) in [5, 5.41) is 3.17. The van der Waals surface area contributed by atoms with Gasteiger partial charge in [-0.3, -0.25) is 9.69 Å². The van der Waals surface area contributed by atoms with E-state index in [0.717, 1.165) is 43.5 Å². The number of hydrogen-bond donors (Lipinski definition) is 1. The van der Waals surface area contributed by atoms with Gasteiger partial charge in [-0.1, -0.05) is 42.8 Å². The molecule has 0 bridgehead atoms. The number of nitrogens with one attached hydrogen (secondary N) is 1. The van der Waals surface area contributed by atoms with Gasteiger partial charge in [0, 0.05) is 12.2 Å². The highest BCUT2D eigenvalue weighted by molar-refractivity contribution is 5.94. The van der Waals surface area contributed by atoms with Crippen LogP contribution in [0.4, 0.5) is 5.69 Å². The average molecular weight is 375 g/mol. The summed E-state index contributed by atoms with van der Waals surface area (Å²) in [6.07, 6.45) is 8.55. The number of piperidine rings is 1. The molecule has 0 aromatic heterocycles. The van der Waals surface area contributed by atoms with Gasteiger partial charge in [-0.15, -0.1) is 0 Å². The van der Waals surface area contributed by atoms with E-state index in [4.69, 9.17) is 0 Å². The van der Waals surface area contributed by atoms with E-state index in [-0.39, 0.29) is 11.9 Å². The maximum Gasteiger partial charge on any atom is 0.241 e. The third kappa shape index (κ3) is 4.15. The van der Waals surface area contributed by atoms with Crippen LogP contribution in [0.5, 0.6) is 0 Å². The summed E-state index contributed by atoms with van der Waals surface area (Å²) in [5.41, 5.74) is 5.16. The smallest absolute Gasteiger partial charge is 0.241 e. The molecule has 0 radical (unpaired) electrons. The zero-order chi connectivity index (χ0) is 18.9. The number of likely N-dealkylation sites (tertiary alicyclic amines) is 1. The van der Waals surface area contributed by atoms with E-state index in [0.29, 0.717) is 0 Å². The van der Waals surface area contributed by atoms with Crippen LogP contribution in [0.3, 0.4) is 0 Å². The molecule has 28 heavy (non-hydrogen) atoms. The van der Waals surface area contributed by atoms with Crippen molar-refractivity contribution in [1.29, 1.82) is 0 Å². The van der Waals surface area contributed by atoms with Crippen molar-refractivity contribution in [2.75, 3.05) is 11.9 Å². The molecule has 2 saturated carbocycles. The van der Waals surface area contributed by atoms with Crippen molar-refractivity contribution in [3.63, 3.8) is 0 Å². The lowest BCUT2D eigenvalue weighted by Gasteiger charge is -2.34. The standard InChI is InChI=1S/C25H30N2O/c28-25(26-23-13-11-20(12-14-23)19-7-8-19)24-6-1-2-15-27(24)17-18-4-3-5-22(16-18)21-9-10-21/h3-5,11-14,16,19,21,24H,1-2,6-10,15,17H2,(H,26,28)/t24-/m1/s1. The highest BCUT2D eigenvalue weighted by atomic mass is 16.2. The molecule has 1 aliphatic heterocycles. The van der Waals surface area contributed by atoms with Crippen LogP contribution in [0.25, 0.3) is 0 Å². The molecule has 3 fully saturated rings. The molecule has 3 heteroatoms. The van der Waals surface area contributed by atoms with Gasteiger partial charge in [-0.25, -0.2) is 0 Å². The van der Waals surface area contributed by atoms with Gasteiger partial charge >= 0.3 is 0 Å². The van der Waals surface area contributed by atoms with Gasteiger partial charge in [0.25, 0.3) is 0 Å². The molecule has 1 saturated heterocycles. The van der Waals surface area contributed by atoms with Crippen LogP contribution in [0.2, 0.25) is 0 Å². The molecular formula is C25H30N2O. The van der Waals surface area contributed by atoms with Crippen molar-refractivity contribution in [3.05, 3.63) is 65.2 Å². The fourth-order valence-electron chi connectivity index (χ4n) is 4.55. The zero-order valence-electron chi connectivity index (χ0n) is 16.6. The predicted octanol–water partition coefficient (Wildman–Crippen LogP) is 5.43. The summed E-state index contributed by atoms with van der Waals surface area (Å²) in [6.45, 7) is 1.88. The maximum atomic E-state index is 13.0. The Bertz CT molecular complexity index is 836. The molecule has 2 aliphatic carbocycles. The Morgan fingerprint density at radius 2 is 1.64 bits per heavy atom. The van der Waals surface area contributed by atoms with Crippen molar-refractivity contribution in [1.82, 2.24) is 4.90 Å². The second-order valence-electron chi connectivity index (χ2n) is 8.89. The highest BCUT2D eigenvalue weighted by Gasteiger charge is 2.29. The minimum Gasteiger partial charge on any atom is -0.325 e. The Balaban J connectivity index is 1.25. The van der Waals surface area contributed by atoms with Crippen LogP contribution in [0.1, 0.15) is 73.5 Å². The molecule has 0 spiro atoms. The molecule has 146 valence electrons. The van der Waals surface area contributed by atoms with Crippen LogP contribution >= 0.6 is 0 Å². The fraction of sp³-hybridized carbons (Fsp3) is 0.480. The van der Waals surface area contributed by atoms with Crippen LogP contribution < -0.4 is 5.32 Å². The van der Waals surface area contributed by atoms with E-state index in [1.165, 1.54) is 48.8 Å². The normalized spacial score (nSPS) is 22.8. The molecule has 1 heterocycles. The zero-order valence-corrected chi connectivity index (χ0v) is 16.6. The number of benzene rings is 2. The monoisotopic (exact) mass is 374 g/mol. The first kappa shape index (κ1) is 17.9. The van der Waals surface area contributed by atoms with Crippen LogP contribution in [0, 0.1) is 0 Å². The molecule has 2 aromatic rings. The third-order valence-corrected chi connectivity index (χ3v) is 6.53. The van der Waals surface area contributed by atoms with E-state index >= 15 is 0 Å². The lowest BCUT2D eigenvalue weighted by molar-refractivity contribution is -0.122. The van der Waals surface area contributed by atoms with E-state index in [1.54, 1.807) is 0 Å². The predicted molar refractivity (Wildman–Crippen MR) is 114 cm³/mol. The van der Waals surface area contributed by atoms with Crippen LogP contribution in [-0.4, -0.2) is 23.4 Å². The van der Waals surface area contributed by atoms with Crippen LogP contribution in [-0.2, 0) is 11.3 Å². The fourth-order valence-corrected chi connectivity index (χ4v) is 4.55. The first-order valence-electron chi connectivity index (χ1n) is 11.0. The van der Waals surface area contributed by atoms with Gasteiger partial charge in [-0.05, 0) is 85.7 Å². The molecular weight excluding hydrogens is 344 g/mol. The number of rotatable bonds is 6. The summed E-state index contributed by atoms with van der Waals surface area (Å²) in [5.74, 6) is 1.68. The third-order valence-electron chi connectivity index (χ3n) is 6.53. The number of nitrogens with zero attached hydrogens (tertiary/aromatic N) is 1. The lowest BCUT2D eigenvalue weighted by Crippen LogP contribution is -2.46. The van der Waals surface area contributed by atoms with Gasteiger partial charge in [0.05, 0.1) is 6.04 Å². The van der Waals surface area contributed by atoms with E-state index in [1.807, 2.05) is 0 Å². The van der Waals surface area contributed by atoms with Gasteiger partial charge in [0.2, 0.25) is 5.91 Å². The van der Waals surface area contributed by atoms with Crippen molar-refractivity contribution in [2.24, 2.45) is 0 Å². The van der Waals surface area contributed by atoms with E-state index in [2.05, 4.69) is 58.7 Å². The number of carbonyl (C=O) groups is 1. The molecule has 1 N–H and O–H groups in total. The highest BCUT2D eigenvalue weighted by Crippen LogP contribution is 2.41. The molecule has 2 aromatic carbocycles. The molecule has 0 unspecified atom stereocenters. The minimum absolute atomic E-state index is 0.0264. The Labute approximate surface area is 168 Å². The SMILES string of the molecule is O=C(Nc1ccc(C2CC2)cc1)[C@H]1CCCCN1Cc1cccc(C2CC2)c1. The summed E-state index contributed by atoms with van der Waals surface area (Å²) in [6, 6.07) is 17.5. The molecule has 3 nitrogen and oxygen atoms in total. The Morgan fingerprint density at radius 3 is 2.39 bits per heavy atom. The first-order chi connectivity index (χ1) is 13.8. The summed E-state index contributed by atoms with van der Waals surface area (Å²) >= 11 is 0. The largest absolute Gasteiger partial charge is 0.325 e. The number of amides is 1. The number of hydrogen-bond acceptors (Lipinski definition) is 2. The van der Waals surface area contributed by atoms with E-state index in [9.17, 15) is 4.79 Å². The topological polar surface area (TPSA) is 32.3 Å². The second-order valence-corrected chi connectivity index (χ2v) is 8.89. The van der Waals surface area contributed by atoms with Crippen LogP contribution in [0.15, 0.2) is 48.5 Å². The number of carbonyl (C=O) groups excluding carboxylic acids is 1. The quantitative estimate of drug-likeness (QED) is 0.731. The Hall–Kier alpha value is -2.13. The molecule has 1 atom stereocenters.